The third kappa shape index (κ3) is 5.72. The second-order valence-electron chi connectivity index (χ2n) is 9.42. The van der Waals surface area contributed by atoms with Gasteiger partial charge in [-0.3, -0.25) is 9.69 Å². The Kier molecular flexibility index (Phi) is 8.29. The van der Waals surface area contributed by atoms with E-state index in [1.165, 1.54) is 15.6 Å². The molecule has 3 aromatic rings. The lowest BCUT2D eigenvalue weighted by Crippen LogP contribution is -2.45. The summed E-state index contributed by atoms with van der Waals surface area (Å²) in [5.74, 6) is 0.407. The molecule has 4 rings (SSSR count). The molecule has 36 heavy (non-hydrogen) atoms. The Bertz CT molecular complexity index is 1300. The average Bonchev–Trinajstić information content (AvgIpc) is 3.31. The number of nitrogens with zero attached hydrogens (tertiary/aromatic N) is 4. The van der Waals surface area contributed by atoms with Gasteiger partial charge >= 0.3 is 0 Å². The van der Waals surface area contributed by atoms with Gasteiger partial charge in [0.15, 0.2) is 5.13 Å². The third-order valence-electron chi connectivity index (χ3n) is 6.59. The monoisotopic (exact) mass is 530 g/mol. The molecule has 0 unspecified atom stereocenters. The van der Waals surface area contributed by atoms with E-state index in [-0.39, 0.29) is 16.7 Å². The van der Waals surface area contributed by atoms with Gasteiger partial charge in [-0.15, -0.1) is 0 Å². The first-order valence-corrected chi connectivity index (χ1v) is 14.4. The van der Waals surface area contributed by atoms with Crippen LogP contribution in [0.3, 0.4) is 0 Å². The number of rotatable bonds is 9. The van der Waals surface area contributed by atoms with Crippen LogP contribution in [0.4, 0.5) is 5.13 Å². The summed E-state index contributed by atoms with van der Waals surface area (Å²) in [4.78, 5) is 22.7. The fourth-order valence-corrected chi connectivity index (χ4v) is 7.04. The Balaban J connectivity index is 1.49. The Morgan fingerprint density at radius 3 is 2.42 bits per heavy atom. The third-order valence-corrected chi connectivity index (χ3v) is 9.55. The maximum Gasteiger partial charge on any atom is 0.243 e. The molecular weight excluding hydrogens is 496 g/mol. The number of hydrogen-bond acceptors (Lipinski definition) is 7. The summed E-state index contributed by atoms with van der Waals surface area (Å²) >= 11 is 1.54. The summed E-state index contributed by atoms with van der Waals surface area (Å²) in [5, 5.41) is 0.719. The van der Waals surface area contributed by atoms with E-state index in [9.17, 15) is 13.2 Å². The predicted octanol–water partition coefficient (Wildman–Crippen LogP) is 4.00. The summed E-state index contributed by atoms with van der Waals surface area (Å²) < 4.78 is 33.9. The zero-order chi connectivity index (χ0) is 25.9. The van der Waals surface area contributed by atoms with Gasteiger partial charge in [-0.25, -0.2) is 13.4 Å². The number of amides is 1. The van der Waals surface area contributed by atoms with Crippen molar-refractivity contribution in [2.45, 2.75) is 31.1 Å². The van der Waals surface area contributed by atoms with Crippen LogP contribution in [0.15, 0.2) is 47.4 Å². The summed E-state index contributed by atoms with van der Waals surface area (Å²) in [6.07, 6.45) is 1.81. The van der Waals surface area contributed by atoms with Crippen molar-refractivity contribution in [3.05, 3.63) is 48.0 Å². The normalized spacial score (nSPS) is 15.5. The van der Waals surface area contributed by atoms with Crippen molar-refractivity contribution < 1.29 is 17.9 Å². The van der Waals surface area contributed by atoms with E-state index in [0.717, 1.165) is 33.9 Å². The van der Waals surface area contributed by atoms with Crippen LogP contribution in [0.1, 0.15) is 24.8 Å². The molecule has 0 saturated carbocycles. The Morgan fingerprint density at radius 1 is 1.11 bits per heavy atom. The van der Waals surface area contributed by atoms with Crippen molar-refractivity contribution in [1.29, 1.82) is 0 Å². The largest absolute Gasteiger partial charge is 0.497 e. The van der Waals surface area contributed by atoms with E-state index in [4.69, 9.17) is 9.72 Å². The molecule has 0 bridgehead atoms. The minimum atomic E-state index is -3.62. The molecule has 1 aliphatic heterocycles. The average molecular weight is 531 g/mol. The maximum absolute atomic E-state index is 13.7. The topological polar surface area (TPSA) is 83.0 Å². The van der Waals surface area contributed by atoms with Gasteiger partial charge < -0.3 is 9.64 Å². The number of anilines is 1. The Hall–Kier alpha value is -2.53. The minimum absolute atomic E-state index is 0.0342. The van der Waals surface area contributed by atoms with Gasteiger partial charge in [0.25, 0.3) is 0 Å². The number of carbonyl (C=O) groups excluding carboxylic acids is 1. The zero-order valence-electron chi connectivity index (χ0n) is 21.3. The first-order valence-electron chi connectivity index (χ1n) is 12.2. The number of benzene rings is 2. The number of sulfonamides is 1. The molecule has 1 fully saturated rings. The molecule has 1 amide bonds. The lowest BCUT2D eigenvalue weighted by Gasteiger charge is -2.33. The molecule has 194 valence electrons. The minimum Gasteiger partial charge on any atom is -0.497 e. The van der Waals surface area contributed by atoms with Crippen LogP contribution in [0.5, 0.6) is 5.75 Å². The van der Waals surface area contributed by atoms with Crippen molar-refractivity contribution in [3.63, 3.8) is 0 Å². The number of hydrogen-bond donors (Lipinski definition) is 0. The van der Waals surface area contributed by atoms with Crippen LogP contribution in [0.2, 0.25) is 0 Å². The van der Waals surface area contributed by atoms with Crippen molar-refractivity contribution in [3.8, 4) is 5.75 Å². The molecule has 1 aliphatic rings. The first kappa shape index (κ1) is 26.5. The highest BCUT2D eigenvalue weighted by molar-refractivity contribution is 7.89. The molecule has 0 spiro atoms. The predicted molar refractivity (Wildman–Crippen MR) is 144 cm³/mol. The molecular formula is C26H34N4O4S2. The summed E-state index contributed by atoms with van der Waals surface area (Å²) in [6, 6.07) is 12.5. The highest BCUT2D eigenvalue weighted by atomic mass is 32.2. The molecule has 0 radical (unpaired) electrons. The lowest BCUT2D eigenvalue weighted by molar-refractivity contribution is -0.123. The number of para-hydroxylation sites is 1. The number of piperidine rings is 1. The summed E-state index contributed by atoms with van der Waals surface area (Å²) in [6.45, 7) is 4.11. The molecule has 1 aromatic heterocycles. The first-order chi connectivity index (χ1) is 17.2. The van der Waals surface area contributed by atoms with E-state index in [0.29, 0.717) is 38.2 Å². The van der Waals surface area contributed by atoms with E-state index in [2.05, 4.69) is 4.90 Å². The molecule has 1 saturated heterocycles. The van der Waals surface area contributed by atoms with Gasteiger partial charge in [0.2, 0.25) is 15.9 Å². The van der Waals surface area contributed by atoms with Crippen LogP contribution >= 0.6 is 11.3 Å². The second kappa shape index (κ2) is 11.2. The van der Waals surface area contributed by atoms with E-state index < -0.39 is 10.0 Å². The van der Waals surface area contributed by atoms with E-state index in [1.54, 1.807) is 31.4 Å². The quantitative estimate of drug-likeness (QED) is 0.416. The fraction of sp³-hybridized carbons (Fsp3) is 0.462. The molecule has 0 aliphatic carbocycles. The van der Waals surface area contributed by atoms with Crippen molar-refractivity contribution in [2.24, 2.45) is 5.92 Å². The van der Waals surface area contributed by atoms with Gasteiger partial charge in [-0.2, -0.15) is 4.31 Å². The van der Waals surface area contributed by atoms with Gasteiger partial charge in [0.1, 0.15) is 5.75 Å². The van der Waals surface area contributed by atoms with E-state index >= 15 is 0 Å². The molecule has 2 heterocycles. The van der Waals surface area contributed by atoms with E-state index in [1.807, 2.05) is 44.1 Å². The smallest absolute Gasteiger partial charge is 0.243 e. The number of fused-ring (bicyclic) bond motifs is 1. The highest BCUT2D eigenvalue weighted by Crippen LogP contribution is 2.33. The van der Waals surface area contributed by atoms with Gasteiger partial charge in [0.05, 0.1) is 22.2 Å². The van der Waals surface area contributed by atoms with Crippen LogP contribution < -0.4 is 9.64 Å². The van der Waals surface area contributed by atoms with Gasteiger partial charge in [-0.1, -0.05) is 23.5 Å². The zero-order valence-corrected chi connectivity index (χ0v) is 22.9. The van der Waals surface area contributed by atoms with Crippen LogP contribution in [-0.4, -0.2) is 75.9 Å². The SMILES string of the molecule is COc1ccc(S(=O)(=O)N2CCC(C(=O)N(CCCN(C)C)c3nc4c(C)cccc4s3)CC2)cc1. The summed E-state index contributed by atoms with van der Waals surface area (Å²) in [7, 11) is 1.97. The Morgan fingerprint density at radius 2 is 1.81 bits per heavy atom. The highest BCUT2D eigenvalue weighted by Gasteiger charge is 2.35. The number of thiazole rings is 1. The van der Waals surface area contributed by atoms with Crippen LogP contribution in [-0.2, 0) is 14.8 Å². The molecule has 8 nitrogen and oxygen atoms in total. The Labute approximate surface area is 217 Å². The van der Waals surface area contributed by atoms with Crippen molar-refractivity contribution in [1.82, 2.24) is 14.2 Å². The molecule has 2 aromatic carbocycles. The fourth-order valence-electron chi connectivity index (χ4n) is 4.50. The number of aromatic nitrogens is 1. The summed E-state index contributed by atoms with van der Waals surface area (Å²) in [5.41, 5.74) is 2.02. The molecule has 10 heteroatoms. The maximum atomic E-state index is 13.7. The lowest BCUT2D eigenvalue weighted by atomic mass is 9.96. The second-order valence-corrected chi connectivity index (χ2v) is 12.4. The van der Waals surface area contributed by atoms with Crippen molar-refractivity contribution in [2.75, 3.05) is 52.3 Å². The number of methoxy groups -OCH3 is 1. The number of carbonyl (C=O) groups is 1. The standard InChI is InChI=1S/C26H34N4O4S2/c1-19-7-5-8-23-24(19)27-26(35-23)30(16-6-15-28(2)3)25(31)20-13-17-29(18-14-20)36(32,33)22-11-9-21(34-4)10-12-22/h5,7-12,20H,6,13-18H2,1-4H3. The molecule has 0 N–H and O–H groups in total. The number of aryl methyl sites for hydroxylation is 1. The molecule has 0 atom stereocenters. The van der Waals surface area contributed by atoms with Crippen LogP contribution in [0, 0.1) is 12.8 Å². The van der Waals surface area contributed by atoms with Gasteiger partial charge in [0, 0.05) is 25.6 Å². The van der Waals surface area contributed by atoms with Crippen LogP contribution in [0.25, 0.3) is 10.2 Å². The van der Waals surface area contributed by atoms with Gasteiger partial charge in [-0.05, 0) is 82.7 Å². The van der Waals surface area contributed by atoms with Crippen molar-refractivity contribution >= 4 is 42.6 Å². The number of ether oxygens (including phenoxy) is 1.